The van der Waals surface area contributed by atoms with E-state index in [4.69, 9.17) is 4.74 Å². The van der Waals surface area contributed by atoms with Crippen LogP contribution in [0.5, 0.6) is 5.88 Å². The number of aromatic nitrogens is 2. The molecule has 3 rings (SSSR count). The standard InChI is InChI=1S/C26H33N5O4/c1-18-14-31(19(2)17-32)26(34)22-11-21(9-8-20-7-6-10-27-12-20)13-28-25(22)35-23(18)15-30(5)24(33)16-29(3)4/h6-7,10-13,18-19,23,32H,14-17H2,1-5H3/t18-,19+,23-/m1/s1. The fraction of sp³-hybridized carbons (Fsp3) is 0.462. The van der Waals surface area contributed by atoms with E-state index in [0.717, 1.165) is 5.56 Å². The fourth-order valence-electron chi connectivity index (χ4n) is 3.73. The second-order valence-corrected chi connectivity index (χ2v) is 9.20. The van der Waals surface area contributed by atoms with Gasteiger partial charge in [0.2, 0.25) is 11.8 Å². The van der Waals surface area contributed by atoms with E-state index in [0.29, 0.717) is 18.7 Å². The van der Waals surface area contributed by atoms with Gasteiger partial charge in [-0.15, -0.1) is 0 Å². The van der Waals surface area contributed by atoms with Crippen LogP contribution in [0.1, 0.15) is 35.3 Å². The summed E-state index contributed by atoms with van der Waals surface area (Å²) in [5, 5.41) is 9.81. The summed E-state index contributed by atoms with van der Waals surface area (Å²) in [6.07, 6.45) is 4.51. The van der Waals surface area contributed by atoms with Gasteiger partial charge in [0.1, 0.15) is 11.7 Å². The zero-order valence-corrected chi connectivity index (χ0v) is 20.9. The molecule has 0 spiro atoms. The van der Waals surface area contributed by atoms with Gasteiger partial charge in [-0.05, 0) is 39.2 Å². The highest BCUT2D eigenvalue weighted by Crippen LogP contribution is 2.27. The first-order valence-electron chi connectivity index (χ1n) is 11.6. The minimum absolute atomic E-state index is 0.0290. The highest BCUT2D eigenvalue weighted by molar-refractivity contribution is 5.97. The molecule has 2 aromatic rings. The first-order chi connectivity index (χ1) is 16.7. The van der Waals surface area contributed by atoms with Crippen LogP contribution in [0.4, 0.5) is 0 Å². The summed E-state index contributed by atoms with van der Waals surface area (Å²) in [5.41, 5.74) is 1.59. The molecule has 9 heteroatoms. The Morgan fingerprint density at radius 1 is 1.29 bits per heavy atom. The fourth-order valence-corrected chi connectivity index (χ4v) is 3.73. The van der Waals surface area contributed by atoms with Crippen molar-refractivity contribution >= 4 is 11.8 Å². The van der Waals surface area contributed by atoms with Crippen molar-refractivity contribution in [3.63, 3.8) is 0 Å². The summed E-state index contributed by atoms with van der Waals surface area (Å²) in [5.74, 6) is 5.83. The minimum Gasteiger partial charge on any atom is -0.472 e. The number of aliphatic hydroxyl groups is 1. The molecular formula is C26H33N5O4. The monoisotopic (exact) mass is 479 g/mol. The summed E-state index contributed by atoms with van der Waals surface area (Å²) in [4.78, 5) is 39.6. The zero-order chi connectivity index (χ0) is 25.5. The maximum Gasteiger partial charge on any atom is 0.259 e. The summed E-state index contributed by atoms with van der Waals surface area (Å²) in [6.45, 7) is 4.59. The van der Waals surface area contributed by atoms with Gasteiger partial charge < -0.3 is 24.5 Å². The second-order valence-electron chi connectivity index (χ2n) is 9.20. The molecular weight excluding hydrogens is 446 g/mol. The summed E-state index contributed by atoms with van der Waals surface area (Å²) in [7, 11) is 5.43. The first kappa shape index (κ1) is 26.1. The lowest BCUT2D eigenvalue weighted by molar-refractivity contribution is -0.132. The van der Waals surface area contributed by atoms with E-state index < -0.39 is 12.1 Å². The number of carbonyl (C=O) groups excluding carboxylic acids is 2. The van der Waals surface area contributed by atoms with Gasteiger partial charge in [0.15, 0.2) is 0 Å². The summed E-state index contributed by atoms with van der Waals surface area (Å²) in [6, 6.07) is 4.92. The number of likely N-dealkylation sites (N-methyl/N-ethyl adjacent to an activating group) is 2. The third kappa shape index (κ3) is 6.78. The lowest BCUT2D eigenvalue weighted by atomic mass is 10.00. The highest BCUT2D eigenvalue weighted by Gasteiger charge is 2.34. The summed E-state index contributed by atoms with van der Waals surface area (Å²) < 4.78 is 6.24. The third-order valence-electron chi connectivity index (χ3n) is 5.86. The molecule has 0 fully saturated rings. The number of aliphatic hydroxyl groups excluding tert-OH is 1. The third-order valence-corrected chi connectivity index (χ3v) is 5.86. The largest absolute Gasteiger partial charge is 0.472 e. The van der Waals surface area contributed by atoms with Crippen LogP contribution < -0.4 is 4.74 Å². The van der Waals surface area contributed by atoms with Crippen LogP contribution in [-0.2, 0) is 4.79 Å². The van der Waals surface area contributed by atoms with Crippen molar-refractivity contribution in [2.24, 2.45) is 5.92 Å². The molecule has 2 aromatic heterocycles. The molecule has 3 atom stereocenters. The van der Waals surface area contributed by atoms with Gasteiger partial charge in [0.05, 0.1) is 25.7 Å². The molecule has 3 heterocycles. The van der Waals surface area contributed by atoms with Gasteiger partial charge in [-0.2, -0.15) is 0 Å². The van der Waals surface area contributed by atoms with Crippen LogP contribution in [0.25, 0.3) is 0 Å². The van der Waals surface area contributed by atoms with E-state index in [1.807, 2.05) is 32.0 Å². The lowest BCUT2D eigenvalue weighted by Gasteiger charge is -2.37. The Hall–Kier alpha value is -3.48. The molecule has 0 aromatic carbocycles. The van der Waals surface area contributed by atoms with Gasteiger partial charge in [0.25, 0.3) is 5.91 Å². The number of carbonyl (C=O) groups is 2. The predicted molar refractivity (Wildman–Crippen MR) is 132 cm³/mol. The zero-order valence-electron chi connectivity index (χ0n) is 20.9. The molecule has 186 valence electrons. The number of hydrogen-bond acceptors (Lipinski definition) is 7. The lowest BCUT2D eigenvalue weighted by Crippen LogP contribution is -2.51. The maximum atomic E-state index is 13.5. The molecule has 0 bridgehead atoms. The van der Waals surface area contributed by atoms with Crippen molar-refractivity contribution in [2.45, 2.75) is 26.0 Å². The van der Waals surface area contributed by atoms with Crippen LogP contribution in [0.2, 0.25) is 0 Å². The number of ether oxygens (including phenoxy) is 1. The van der Waals surface area contributed by atoms with Crippen molar-refractivity contribution in [3.05, 3.63) is 53.5 Å². The number of fused-ring (bicyclic) bond motifs is 1. The van der Waals surface area contributed by atoms with E-state index in [1.54, 1.807) is 54.5 Å². The van der Waals surface area contributed by atoms with Gasteiger partial charge in [-0.3, -0.25) is 14.6 Å². The van der Waals surface area contributed by atoms with Gasteiger partial charge in [-0.1, -0.05) is 18.8 Å². The van der Waals surface area contributed by atoms with Crippen LogP contribution >= 0.6 is 0 Å². The maximum absolute atomic E-state index is 13.5. The average molecular weight is 480 g/mol. The number of pyridine rings is 2. The Morgan fingerprint density at radius 3 is 2.69 bits per heavy atom. The van der Waals surface area contributed by atoms with E-state index in [1.165, 1.54) is 0 Å². The van der Waals surface area contributed by atoms with E-state index in [9.17, 15) is 14.7 Å². The Kier molecular flexibility index (Phi) is 8.79. The number of rotatable bonds is 6. The molecule has 0 saturated carbocycles. The van der Waals surface area contributed by atoms with Gasteiger partial charge in [-0.25, -0.2) is 4.98 Å². The van der Waals surface area contributed by atoms with Crippen molar-refractivity contribution < 1.29 is 19.4 Å². The molecule has 1 aliphatic heterocycles. The van der Waals surface area contributed by atoms with Crippen molar-refractivity contribution in [1.29, 1.82) is 0 Å². The highest BCUT2D eigenvalue weighted by atomic mass is 16.5. The van der Waals surface area contributed by atoms with Crippen LogP contribution in [0.15, 0.2) is 36.8 Å². The van der Waals surface area contributed by atoms with Crippen LogP contribution in [-0.4, -0.2) is 101 Å². The summed E-state index contributed by atoms with van der Waals surface area (Å²) >= 11 is 0. The molecule has 35 heavy (non-hydrogen) atoms. The van der Waals surface area contributed by atoms with E-state index >= 15 is 0 Å². The molecule has 1 N–H and O–H groups in total. The van der Waals surface area contributed by atoms with E-state index in [-0.39, 0.29) is 42.3 Å². The predicted octanol–water partition coefficient (Wildman–Crippen LogP) is 1.12. The molecule has 2 amide bonds. The smallest absolute Gasteiger partial charge is 0.259 e. The van der Waals surface area contributed by atoms with Crippen LogP contribution in [0, 0.1) is 17.8 Å². The minimum atomic E-state index is -0.397. The molecule has 0 radical (unpaired) electrons. The molecule has 9 nitrogen and oxygen atoms in total. The Morgan fingerprint density at radius 2 is 2.03 bits per heavy atom. The molecule has 0 unspecified atom stereocenters. The second kappa shape index (κ2) is 11.8. The Labute approximate surface area is 206 Å². The van der Waals surface area contributed by atoms with E-state index in [2.05, 4.69) is 21.8 Å². The van der Waals surface area contributed by atoms with Crippen molar-refractivity contribution in [2.75, 3.05) is 47.4 Å². The topological polar surface area (TPSA) is 99.1 Å². The Bertz CT molecular complexity index is 1100. The van der Waals surface area contributed by atoms with Gasteiger partial charge >= 0.3 is 0 Å². The van der Waals surface area contributed by atoms with Crippen LogP contribution in [0.3, 0.4) is 0 Å². The number of hydrogen-bond donors (Lipinski definition) is 1. The van der Waals surface area contributed by atoms with Crippen molar-refractivity contribution in [1.82, 2.24) is 24.7 Å². The molecule has 0 aliphatic carbocycles. The Balaban J connectivity index is 1.95. The average Bonchev–Trinajstić information content (AvgIpc) is 2.84. The van der Waals surface area contributed by atoms with Gasteiger partial charge in [0, 0.05) is 49.2 Å². The normalized spacial score (nSPS) is 18.5. The molecule has 1 aliphatic rings. The van der Waals surface area contributed by atoms with Crippen molar-refractivity contribution in [3.8, 4) is 17.7 Å². The number of nitrogens with zero attached hydrogens (tertiary/aromatic N) is 5. The first-order valence-corrected chi connectivity index (χ1v) is 11.6. The SMILES string of the molecule is C[C@@H]1CN([C@@H](C)CO)C(=O)c2cc(C#Cc3cccnc3)cnc2O[C@@H]1CN(C)C(=O)CN(C)C. The number of amides is 2. The quantitative estimate of drug-likeness (QED) is 0.620. The molecule has 0 saturated heterocycles.